The maximum atomic E-state index is 3.92. The first-order valence-electron chi connectivity index (χ1n) is 9.31. The van der Waals surface area contributed by atoms with Gasteiger partial charge in [0.05, 0.1) is 10.9 Å². The van der Waals surface area contributed by atoms with Crippen molar-refractivity contribution in [2.45, 2.75) is 33.4 Å². The van der Waals surface area contributed by atoms with Crippen LogP contribution in [0.1, 0.15) is 12.5 Å². The number of hydrogen-bond acceptors (Lipinski definition) is 1. The predicted molar refractivity (Wildman–Crippen MR) is 125 cm³/mol. The molecule has 0 heterocycles. The molecule has 0 spiro atoms. The lowest BCUT2D eigenvalue weighted by atomic mass is 10.2. The second kappa shape index (κ2) is 10.2. The third kappa shape index (κ3) is 5.09. The fourth-order valence-electron chi connectivity index (χ4n) is 2.92. The summed E-state index contributed by atoms with van der Waals surface area (Å²) >= 11 is 1.82. The van der Waals surface area contributed by atoms with Gasteiger partial charge in [0.25, 0.3) is 0 Å². The molecule has 0 nitrogen and oxygen atoms in total. The van der Waals surface area contributed by atoms with Crippen molar-refractivity contribution < 1.29 is 0 Å². The zero-order valence-corrected chi connectivity index (χ0v) is 18.0. The molecule has 0 saturated heterocycles. The molecule has 0 saturated carbocycles. The average molecular weight is 402 g/mol. The Morgan fingerprint density at radius 3 is 2.18 bits per heavy atom. The first-order chi connectivity index (χ1) is 13.7. The second-order valence-corrected chi connectivity index (χ2v) is 9.41. The minimum absolute atomic E-state index is 0.160. The zero-order valence-electron chi connectivity index (χ0n) is 16.3. The average Bonchev–Trinajstić information content (AvgIpc) is 2.72. The summed E-state index contributed by atoms with van der Waals surface area (Å²) in [4.78, 5) is 6.48. The molecule has 28 heavy (non-hydrogen) atoms. The maximum absolute atomic E-state index is 3.92. The van der Waals surface area contributed by atoms with Crippen molar-refractivity contribution >= 4 is 22.7 Å². The largest absolute Gasteiger partial charge is 0.166 e. The van der Waals surface area contributed by atoms with Crippen LogP contribution in [-0.4, -0.2) is 0 Å². The summed E-state index contributed by atoms with van der Waals surface area (Å²) in [6.45, 7) is 8.19. The Bertz CT molecular complexity index is 970. The van der Waals surface area contributed by atoms with E-state index < -0.39 is 0 Å². The van der Waals surface area contributed by atoms with E-state index in [1.165, 1.54) is 30.1 Å². The van der Waals surface area contributed by atoms with E-state index in [0.29, 0.717) is 0 Å². The fraction of sp³-hybridized carbons (Fsp3) is 0.0769. The molecule has 0 fully saturated rings. The number of allylic oxidation sites excluding steroid dienone is 4. The highest BCUT2D eigenvalue weighted by atomic mass is 32.2. The Kier molecular flexibility index (Phi) is 7.41. The van der Waals surface area contributed by atoms with Gasteiger partial charge >= 0.3 is 0 Å². The van der Waals surface area contributed by atoms with Gasteiger partial charge in [0.15, 0.2) is 14.7 Å². The molecule has 0 N–H and O–H groups in total. The molecular weight excluding hydrogens is 376 g/mol. The summed E-state index contributed by atoms with van der Waals surface area (Å²) in [6.07, 6.45) is 8.30. The number of aryl methyl sites for hydroxylation is 1. The first kappa shape index (κ1) is 20.3. The number of rotatable bonds is 7. The van der Waals surface area contributed by atoms with Crippen LogP contribution < -0.4 is 0 Å². The lowest BCUT2D eigenvalue weighted by Crippen LogP contribution is -2.06. The molecule has 140 valence electrons. The molecule has 3 rings (SSSR count). The molecule has 3 aromatic rings. The van der Waals surface area contributed by atoms with E-state index in [1.807, 2.05) is 17.8 Å². The molecule has 1 unspecified atom stereocenters. The monoisotopic (exact) mass is 401 g/mol. The SMILES string of the molecule is C=C/C=C(\C=C/C)[S+](c1ccccc1)c1ccc(Sc2ccccc2)c(C)c1. The van der Waals surface area contributed by atoms with Crippen LogP contribution in [0.4, 0.5) is 0 Å². The van der Waals surface area contributed by atoms with Gasteiger partial charge in [-0.05, 0) is 74.0 Å². The summed E-state index contributed by atoms with van der Waals surface area (Å²) in [7, 11) is -0.160. The van der Waals surface area contributed by atoms with Gasteiger partial charge in [-0.15, -0.1) is 0 Å². The van der Waals surface area contributed by atoms with E-state index >= 15 is 0 Å². The van der Waals surface area contributed by atoms with Crippen molar-refractivity contribution in [3.63, 3.8) is 0 Å². The highest BCUT2D eigenvalue weighted by molar-refractivity contribution is 8.01. The Morgan fingerprint density at radius 2 is 1.57 bits per heavy atom. The third-order valence-electron chi connectivity index (χ3n) is 4.18. The molecule has 0 aliphatic rings. The van der Waals surface area contributed by atoms with Crippen LogP contribution in [0.25, 0.3) is 0 Å². The normalized spacial score (nSPS) is 12.9. The summed E-state index contributed by atoms with van der Waals surface area (Å²) in [6, 6.07) is 28.1. The standard InChI is InChI=1S/C26H25S2/c1-4-12-23(13-5-2)28(24-16-10-7-11-17-24)25-18-19-26(21(3)20-25)27-22-14-8-6-9-15-22/h4-20H,1H2,2-3H3/q+1/b13-5-,23-12+. The van der Waals surface area contributed by atoms with Crippen LogP contribution in [0.15, 0.2) is 134 Å². The molecule has 2 heteroatoms. The fourth-order valence-corrected chi connectivity index (χ4v) is 6.07. The summed E-state index contributed by atoms with van der Waals surface area (Å²) < 4.78 is 0. The van der Waals surface area contributed by atoms with Crippen LogP contribution in [0.2, 0.25) is 0 Å². The van der Waals surface area contributed by atoms with E-state index in [9.17, 15) is 0 Å². The molecule has 0 amide bonds. The Labute approximate surface area is 176 Å². The Hall–Kier alpha value is -2.42. The van der Waals surface area contributed by atoms with Crippen molar-refractivity contribution in [3.05, 3.63) is 120 Å². The highest BCUT2D eigenvalue weighted by Crippen LogP contribution is 2.36. The van der Waals surface area contributed by atoms with Gasteiger partial charge in [0.2, 0.25) is 0 Å². The Balaban J connectivity index is 2.02. The topological polar surface area (TPSA) is 0 Å². The molecule has 0 aliphatic heterocycles. The molecule has 0 aliphatic carbocycles. The van der Waals surface area contributed by atoms with Crippen molar-refractivity contribution in [2.75, 3.05) is 0 Å². The van der Waals surface area contributed by atoms with E-state index in [-0.39, 0.29) is 10.9 Å². The van der Waals surface area contributed by atoms with E-state index in [1.54, 1.807) is 0 Å². The third-order valence-corrected chi connectivity index (χ3v) is 7.58. The van der Waals surface area contributed by atoms with Crippen molar-refractivity contribution in [3.8, 4) is 0 Å². The first-order valence-corrected chi connectivity index (χ1v) is 11.4. The van der Waals surface area contributed by atoms with Crippen LogP contribution in [-0.2, 0) is 10.9 Å². The van der Waals surface area contributed by atoms with Crippen molar-refractivity contribution in [1.82, 2.24) is 0 Å². The van der Waals surface area contributed by atoms with Gasteiger partial charge in [-0.3, -0.25) is 0 Å². The van der Waals surface area contributed by atoms with Crippen LogP contribution in [0.3, 0.4) is 0 Å². The van der Waals surface area contributed by atoms with E-state index in [2.05, 4.69) is 118 Å². The minimum Gasteiger partial charge on any atom is -0.0989 e. The molecule has 1 atom stereocenters. The maximum Gasteiger partial charge on any atom is 0.166 e. The molecule has 0 radical (unpaired) electrons. The quantitative estimate of drug-likeness (QED) is 0.287. The van der Waals surface area contributed by atoms with Gasteiger partial charge in [0.1, 0.15) is 0 Å². The number of benzene rings is 3. The van der Waals surface area contributed by atoms with Gasteiger partial charge < -0.3 is 0 Å². The summed E-state index contributed by atoms with van der Waals surface area (Å²) in [5.74, 6) is 0. The molecule has 3 aromatic carbocycles. The van der Waals surface area contributed by atoms with Gasteiger partial charge in [-0.25, -0.2) is 0 Å². The van der Waals surface area contributed by atoms with Gasteiger partial charge in [-0.2, -0.15) is 0 Å². The predicted octanol–water partition coefficient (Wildman–Crippen LogP) is 7.83. The zero-order chi connectivity index (χ0) is 19.8. The summed E-state index contributed by atoms with van der Waals surface area (Å²) in [5.41, 5.74) is 1.30. The Morgan fingerprint density at radius 1 is 0.893 bits per heavy atom. The van der Waals surface area contributed by atoms with Crippen LogP contribution in [0.5, 0.6) is 0 Å². The van der Waals surface area contributed by atoms with Gasteiger partial charge in [-0.1, -0.05) is 66.9 Å². The molecule has 0 bridgehead atoms. The van der Waals surface area contributed by atoms with Crippen molar-refractivity contribution in [1.29, 1.82) is 0 Å². The van der Waals surface area contributed by atoms with E-state index in [0.717, 1.165) is 0 Å². The molecular formula is C26H25S2+. The van der Waals surface area contributed by atoms with Gasteiger partial charge in [0, 0.05) is 9.79 Å². The smallest absolute Gasteiger partial charge is 0.0989 e. The lowest BCUT2D eigenvalue weighted by Gasteiger charge is -2.11. The van der Waals surface area contributed by atoms with Crippen molar-refractivity contribution in [2.24, 2.45) is 0 Å². The van der Waals surface area contributed by atoms with Crippen LogP contribution >= 0.6 is 11.8 Å². The van der Waals surface area contributed by atoms with E-state index in [4.69, 9.17) is 0 Å². The molecule has 0 aromatic heterocycles. The second-order valence-electron chi connectivity index (χ2n) is 6.27. The number of hydrogen-bond donors (Lipinski definition) is 0. The lowest BCUT2D eigenvalue weighted by molar-refractivity contribution is 1.23. The highest BCUT2D eigenvalue weighted by Gasteiger charge is 2.29. The van der Waals surface area contributed by atoms with Crippen LogP contribution in [0, 0.1) is 6.92 Å². The minimum atomic E-state index is -0.160. The summed E-state index contributed by atoms with van der Waals surface area (Å²) in [5, 5.41) is 0.